The molecule has 24 heavy (non-hydrogen) atoms. The van der Waals surface area contributed by atoms with E-state index in [1.165, 1.54) is 12.8 Å². The van der Waals surface area contributed by atoms with E-state index in [-0.39, 0.29) is 11.9 Å². The van der Waals surface area contributed by atoms with Crippen LogP contribution in [0.15, 0.2) is 0 Å². The summed E-state index contributed by atoms with van der Waals surface area (Å²) in [6, 6.07) is 0.682. The first-order valence-electron chi connectivity index (χ1n) is 9.35. The van der Waals surface area contributed by atoms with Gasteiger partial charge >= 0.3 is 6.09 Å². The Balaban J connectivity index is 1.38. The van der Waals surface area contributed by atoms with Crippen molar-refractivity contribution in [2.45, 2.75) is 57.8 Å². The van der Waals surface area contributed by atoms with Gasteiger partial charge in [-0.15, -0.1) is 0 Å². The first-order valence-corrected chi connectivity index (χ1v) is 9.35. The topological polar surface area (TPSA) is 51.2 Å². The Hall–Kier alpha value is -0.850. The summed E-state index contributed by atoms with van der Waals surface area (Å²) in [7, 11) is 1.82. The zero-order chi connectivity index (χ0) is 17.2. The van der Waals surface area contributed by atoms with Gasteiger partial charge in [0.15, 0.2) is 5.79 Å². The minimum atomic E-state index is -0.272. The average molecular weight is 340 g/mol. The van der Waals surface area contributed by atoms with Gasteiger partial charge in [-0.3, -0.25) is 4.90 Å². The molecule has 6 nitrogen and oxygen atoms in total. The van der Waals surface area contributed by atoms with E-state index in [0.717, 1.165) is 52.1 Å². The maximum absolute atomic E-state index is 11.7. The van der Waals surface area contributed by atoms with E-state index in [4.69, 9.17) is 14.2 Å². The summed E-state index contributed by atoms with van der Waals surface area (Å²) in [5.74, 6) is -0.272. The lowest BCUT2D eigenvalue weighted by Crippen LogP contribution is -2.55. The van der Waals surface area contributed by atoms with Crippen molar-refractivity contribution in [3.63, 3.8) is 0 Å². The van der Waals surface area contributed by atoms with Crippen LogP contribution in [-0.4, -0.2) is 74.2 Å². The fraction of sp³-hybridized carbons (Fsp3) is 0.944. The van der Waals surface area contributed by atoms with Crippen LogP contribution in [0.25, 0.3) is 0 Å². The van der Waals surface area contributed by atoms with E-state index in [1.807, 2.05) is 14.0 Å². The van der Waals surface area contributed by atoms with Gasteiger partial charge in [-0.2, -0.15) is 0 Å². The number of piperidine rings is 1. The number of likely N-dealkylation sites (tertiary alicyclic amines) is 1. The van der Waals surface area contributed by atoms with Crippen LogP contribution >= 0.6 is 0 Å². The molecule has 0 N–H and O–H groups in total. The molecule has 1 amide bonds. The van der Waals surface area contributed by atoms with Gasteiger partial charge in [0, 0.05) is 45.6 Å². The Morgan fingerprint density at radius 1 is 1.25 bits per heavy atom. The molecule has 2 saturated heterocycles. The molecule has 0 atom stereocenters. The first kappa shape index (κ1) is 18.0. The number of carbonyl (C=O) groups is 1. The summed E-state index contributed by atoms with van der Waals surface area (Å²) < 4.78 is 16.7. The minimum absolute atomic E-state index is 0.213. The van der Waals surface area contributed by atoms with Crippen LogP contribution in [0.1, 0.15) is 46.0 Å². The van der Waals surface area contributed by atoms with Crippen molar-refractivity contribution in [3.8, 4) is 0 Å². The smallest absolute Gasteiger partial charge is 0.409 e. The Morgan fingerprint density at radius 2 is 1.88 bits per heavy atom. The molecule has 0 aromatic rings. The van der Waals surface area contributed by atoms with Crippen LogP contribution in [0.2, 0.25) is 0 Å². The van der Waals surface area contributed by atoms with E-state index in [1.54, 1.807) is 4.90 Å². The summed E-state index contributed by atoms with van der Waals surface area (Å²) in [4.78, 5) is 16.0. The van der Waals surface area contributed by atoms with Gasteiger partial charge in [-0.25, -0.2) is 4.79 Å². The lowest BCUT2D eigenvalue weighted by Gasteiger charge is -2.53. The van der Waals surface area contributed by atoms with Gasteiger partial charge in [0.05, 0.1) is 19.8 Å². The second kappa shape index (κ2) is 7.18. The molecule has 1 saturated carbocycles. The third-order valence-corrected chi connectivity index (χ3v) is 5.98. The second-order valence-electron chi connectivity index (χ2n) is 7.89. The molecule has 2 aliphatic heterocycles. The number of nitrogens with zero attached hydrogens (tertiary/aromatic N) is 2. The molecule has 2 heterocycles. The largest absolute Gasteiger partial charge is 0.450 e. The van der Waals surface area contributed by atoms with Gasteiger partial charge in [0.25, 0.3) is 0 Å². The summed E-state index contributed by atoms with van der Waals surface area (Å²) in [5.41, 5.74) is 0.348. The Morgan fingerprint density at radius 3 is 2.46 bits per heavy atom. The standard InChI is InChI=1S/C18H32N2O4/c1-4-22-16(21)19(3)8-5-17(2)13-15(14-17)20-9-6-18(7-10-20)23-11-12-24-18/h15H,4-14H2,1-3H3. The third-order valence-electron chi connectivity index (χ3n) is 5.98. The molecule has 138 valence electrons. The highest BCUT2D eigenvalue weighted by Gasteiger charge is 2.46. The molecule has 3 aliphatic rings. The second-order valence-corrected chi connectivity index (χ2v) is 7.89. The summed E-state index contributed by atoms with van der Waals surface area (Å²) >= 11 is 0. The van der Waals surface area contributed by atoms with Crippen LogP contribution in [0.5, 0.6) is 0 Å². The maximum atomic E-state index is 11.7. The number of carbonyl (C=O) groups excluding carboxylic acids is 1. The van der Waals surface area contributed by atoms with Crippen molar-refractivity contribution in [1.82, 2.24) is 9.80 Å². The highest BCUT2D eigenvalue weighted by Crippen LogP contribution is 2.47. The number of amides is 1. The van der Waals surface area contributed by atoms with Gasteiger partial charge in [0.2, 0.25) is 0 Å². The molecule has 0 radical (unpaired) electrons. The van der Waals surface area contributed by atoms with Crippen molar-refractivity contribution < 1.29 is 19.0 Å². The maximum Gasteiger partial charge on any atom is 0.409 e. The first-order chi connectivity index (χ1) is 11.5. The van der Waals surface area contributed by atoms with Crippen LogP contribution in [0.4, 0.5) is 4.79 Å². The number of hydrogen-bond donors (Lipinski definition) is 0. The molecule has 0 aromatic carbocycles. The van der Waals surface area contributed by atoms with Gasteiger partial charge in [-0.05, 0) is 31.6 Å². The van der Waals surface area contributed by atoms with E-state index >= 15 is 0 Å². The van der Waals surface area contributed by atoms with E-state index < -0.39 is 0 Å². The van der Waals surface area contributed by atoms with Gasteiger partial charge in [0.1, 0.15) is 0 Å². The molecule has 0 unspecified atom stereocenters. The molecule has 3 rings (SSSR count). The molecule has 1 aliphatic carbocycles. The zero-order valence-corrected chi connectivity index (χ0v) is 15.4. The Kier molecular flexibility index (Phi) is 5.37. The minimum Gasteiger partial charge on any atom is -0.450 e. The highest BCUT2D eigenvalue weighted by molar-refractivity contribution is 5.67. The van der Waals surface area contributed by atoms with Gasteiger partial charge in [-0.1, -0.05) is 6.92 Å². The number of hydrogen-bond acceptors (Lipinski definition) is 5. The van der Waals surface area contributed by atoms with Crippen LogP contribution < -0.4 is 0 Å². The van der Waals surface area contributed by atoms with Crippen molar-refractivity contribution in [3.05, 3.63) is 0 Å². The SMILES string of the molecule is CCOC(=O)N(C)CCC1(C)CC(N2CCC3(CC2)OCCO3)C1. The van der Waals surface area contributed by atoms with E-state index in [2.05, 4.69) is 11.8 Å². The predicted molar refractivity (Wildman–Crippen MR) is 90.8 cm³/mol. The predicted octanol–water partition coefficient (Wildman–Crippen LogP) is 2.47. The lowest BCUT2D eigenvalue weighted by molar-refractivity contribution is -0.192. The van der Waals surface area contributed by atoms with Crippen molar-refractivity contribution >= 4 is 6.09 Å². The monoisotopic (exact) mass is 340 g/mol. The quantitative estimate of drug-likeness (QED) is 0.769. The van der Waals surface area contributed by atoms with Crippen LogP contribution in [0, 0.1) is 5.41 Å². The summed E-state index contributed by atoms with van der Waals surface area (Å²) in [6.45, 7) is 9.03. The summed E-state index contributed by atoms with van der Waals surface area (Å²) in [5, 5.41) is 0. The molecular weight excluding hydrogens is 308 g/mol. The Bertz CT molecular complexity index is 434. The van der Waals surface area contributed by atoms with Crippen LogP contribution in [0.3, 0.4) is 0 Å². The third kappa shape index (κ3) is 3.86. The fourth-order valence-electron chi connectivity index (χ4n) is 4.32. The fourth-order valence-corrected chi connectivity index (χ4v) is 4.32. The lowest BCUT2D eigenvalue weighted by atomic mass is 9.64. The summed E-state index contributed by atoms with van der Waals surface area (Å²) in [6.07, 6.45) is 5.26. The Labute approximate surface area is 145 Å². The molecule has 3 fully saturated rings. The molecule has 1 spiro atoms. The molecular formula is C18H32N2O4. The average Bonchev–Trinajstić information content (AvgIpc) is 2.99. The molecule has 6 heteroatoms. The van der Waals surface area contributed by atoms with Gasteiger partial charge < -0.3 is 19.1 Å². The van der Waals surface area contributed by atoms with Crippen molar-refractivity contribution in [2.24, 2.45) is 5.41 Å². The van der Waals surface area contributed by atoms with Crippen LogP contribution in [-0.2, 0) is 14.2 Å². The molecule has 0 aromatic heterocycles. The number of ether oxygens (including phenoxy) is 3. The highest BCUT2D eigenvalue weighted by atomic mass is 16.7. The number of rotatable bonds is 5. The normalized spacial score (nSPS) is 32.5. The zero-order valence-electron chi connectivity index (χ0n) is 15.4. The van der Waals surface area contributed by atoms with Crippen molar-refractivity contribution in [2.75, 3.05) is 46.5 Å². The molecule has 0 bridgehead atoms. The van der Waals surface area contributed by atoms with Crippen molar-refractivity contribution in [1.29, 1.82) is 0 Å². The van der Waals surface area contributed by atoms with E-state index in [9.17, 15) is 4.79 Å². The van der Waals surface area contributed by atoms with E-state index in [0.29, 0.717) is 18.1 Å².